The molecule has 0 aliphatic carbocycles. The molecule has 0 spiro atoms. The van der Waals surface area contributed by atoms with Gasteiger partial charge in [-0.25, -0.2) is 0 Å². The lowest BCUT2D eigenvalue weighted by Gasteiger charge is -2.46. The van der Waals surface area contributed by atoms with Gasteiger partial charge in [0.05, 0.1) is 22.4 Å². The van der Waals surface area contributed by atoms with E-state index in [0.29, 0.717) is 0 Å². The van der Waals surface area contributed by atoms with Crippen molar-refractivity contribution in [3.8, 4) is 39.1 Å². The Hall–Kier alpha value is -9.32. The summed E-state index contributed by atoms with van der Waals surface area (Å²) in [6.07, 6.45) is 2.98. The molecule has 2 aliphatic rings. The van der Waals surface area contributed by atoms with E-state index >= 15 is 0 Å². The molecule has 4 heterocycles. The summed E-state index contributed by atoms with van der Waals surface area (Å²) in [5.41, 5.74) is 25.6. The third-order valence-corrected chi connectivity index (χ3v) is 16.9. The lowest BCUT2D eigenvalue weighted by Crippen LogP contribution is -2.61. The van der Waals surface area contributed by atoms with Crippen LogP contribution < -0.4 is 26.2 Å². The van der Waals surface area contributed by atoms with E-state index in [9.17, 15) is 0 Å². The second-order valence-corrected chi connectivity index (χ2v) is 22.6. The highest BCUT2D eigenvalue weighted by Gasteiger charge is 2.46. The minimum Gasteiger partial charge on any atom is -0.456 e. The second kappa shape index (κ2) is 18.4. The van der Waals surface area contributed by atoms with Crippen LogP contribution in [0.1, 0.15) is 51.7 Å². The lowest BCUT2D eigenvalue weighted by molar-refractivity contribution is 0.590. The van der Waals surface area contributed by atoms with Gasteiger partial charge in [-0.2, -0.15) is 0 Å². The molecule has 15 rings (SSSR count). The van der Waals surface area contributed by atoms with Gasteiger partial charge in [-0.3, -0.25) is 0 Å². The van der Waals surface area contributed by atoms with E-state index < -0.39 is 0 Å². The molecule has 0 atom stereocenters. The first-order valence-corrected chi connectivity index (χ1v) is 28.1. The normalized spacial score (nSPS) is 12.9. The number of hydrogen-bond donors (Lipinski definition) is 0. The van der Waals surface area contributed by atoms with E-state index in [1.54, 1.807) is 0 Å². The van der Waals surface area contributed by atoms with E-state index in [-0.39, 0.29) is 12.1 Å². The Morgan fingerprint density at radius 3 is 1.66 bits per heavy atom. The van der Waals surface area contributed by atoms with Crippen LogP contribution in [0.25, 0.3) is 82.8 Å². The van der Waals surface area contributed by atoms with Gasteiger partial charge in [-0.15, -0.1) is 0 Å². The van der Waals surface area contributed by atoms with Crippen LogP contribution in [0.5, 0.6) is 0 Å². The number of furan rings is 1. The van der Waals surface area contributed by atoms with E-state index in [0.717, 1.165) is 75.1 Å². The van der Waals surface area contributed by atoms with Crippen molar-refractivity contribution < 1.29 is 4.42 Å². The number of rotatable bonds is 9. The van der Waals surface area contributed by atoms with E-state index in [1.165, 1.54) is 88.6 Å². The largest absolute Gasteiger partial charge is 0.456 e. The Morgan fingerprint density at radius 1 is 0.430 bits per heavy atom. The van der Waals surface area contributed by atoms with Crippen LogP contribution in [-0.4, -0.2) is 11.3 Å². The molecule has 2 aromatic heterocycles. The number of aryl methyl sites for hydroxylation is 1. The van der Waals surface area contributed by atoms with Crippen LogP contribution in [-0.2, 0) is 11.8 Å². The van der Waals surface area contributed by atoms with Gasteiger partial charge in [0.25, 0.3) is 6.71 Å². The molecule has 13 aromatic rings. The van der Waals surface area contributed by atoms with E-state index in [4.69, 9.17) is 4.42 Å². The molecule has 0 unspecified atom stereocenters. The molecule has 0 N–H and O–H groups in total. The number of aromatic nitrogens is 1. The first kappa shape index (κ1) is 46.9. The van der Waals surface area contributed by atoms with Gasteiger partial charge in [0.2, 0.25) is 0 Å². The molecule has 79 heavy (non-hydrogen) atoms. The third-order valence-electron chi connectivity index (χ3n) is 16.9. The lowest BCUT2D eigenvalue weighted by atomic mass is 9.33. The van der Waals surface area contributed by atoms with Crippen molar-refractivity contribution in [2.75, 3.05) is 9.80 Å². The standard InChI is InChI=1S/C74H58BN3O/c1-5-6-29-60-65(43-40-59-58-32-18-21-37-70(58)79-73(59)60)77-66-42-38-51(48-23-10-7-11-24-48)44-62(66)75-61-41-39-53(76-63-35-19-16-30-56(63)57-31-17-20-36-64(57)76)47-67(61)78(69-46-52(74(2,3)4)45-68(77)71(69)75)72-54(49-25-12-8-13-26-49)33-22-34-55(72)50-27-14-9-15-28-50/h7-28,30-47H,5-6,29H2,1-4H3. The molecule has 0 bridgehead atoms. The molecule has 0 amide bonds. The number of nitrogens with zero attached hydrogens (tertiary/aromatic N) is 3. The average Bonchev–Trinajstić information content (AvgIpc) is 3.67. The predicted molar refractivity (Wildman–Crippen MR) is 336 cm³/mol. The van der Waals surface area contributed by atoms with Crippen LogP contribution in [0.4, 0.5) is 34.1 Å². The summed E-state index contributed by atoms with van der Waals surface area (Å²) in [5, 5.41) is 4.80. The maximum Gasteiger partial charge on any atom is 0.252 e. The smallest absolute Gasteiger partial charge is 0.252 e. The van der Waals surface area contributed by atoms with Gasteiger partial charge in [0.1, 0.15) is 11.2 Å². The van der Waals surface area contributed by atoms with E-state index in [1.807, 2.05) is 0 Å². The molecule has 11 aromatic carbocycles. The molecule has 5 heteroatoms. The van der Waals surface area contributed by atoms with Crippen LogP contribution >= 0.6 is 0 Å². The fourth-order valence-corrected chi connectivity index (χ4v) is 13.2. The molecule has 378 valence electrons. The number of hydrogen-bond acceptors (Lipinski definition) is 3. The zero-order valence-corrected chi connectivity index (χ0v) is 45.0. The summed E-state index contributed by atoms with van der Waals surface area (Å²) >= 11 is 0. The van der Waals surface area contributed by atoms with Crippen molar-refractivity contribution >= 4 is 101 Å². The zero-order chi connectivity index (χ0) is 52.9. The monoisotopic (exact) mass is 1020 g/mol. The summed E-state index contributed by atoms with van der Waals surface area (Å²) < 4.78 is 9.49. The molecule has 4 nitrogen and oxygen atoms in total. The van der Waals surface area contributed by atoms with Gasteiger partial charge >= 0.3 is 0 Å². The highest BCUT2D eigenvalue weighted by molar-refractivity contribution is 7.00. The van der Waals surface area contributed by atoms with Crippen molar-refractivity contribution in [1.82, 2.24) is 4.57 Å². The van der Waals surface area contributed by atoms with Crippen LogP contribution in [0.2, 0.25) is 0 Å². The first-order valence-electron chi connectivity index (χ1n) is 28.1. The fraction of sp³-hybridized carbons (Fsp3) is 0.108. The molecule has 0 radical (unpaired) electrons. The van der Waals surface area contributed by atoms with Gasteiger partial charge in [-0.05, 0) is 123 Å². The topological polar surface area (TPSA) is 24.6 Å². The maximum absolute atomic E-state index is 7.01. The van der Waals surface area contributed by atoms with Crippen molar-refractivity contribution in [1.29, 1.82) is 0 Å². The summed E-state index contributed by atoms with van der Waals surface area (Å²) in [7, 11) is 0. The number of para-hydroxylation sites is 4. The third kappa shape index (κ3) is 7.43. The van der Waals surface area contributed by atoms with Gasteiger partial charge in [-0.1, -0.05) is 216 Å². The molecule has 0 saturated heterocycles. The van der Waals surface area contributed by atoms with Crippen molar-refractivity contribution in [2.45, 2.75) is 52.4 Å². The Morgan fingerprint density at radius 2 is 1.01 bits per heavy atom. The highest BCUT2D eigenvalue weighted by atomic mass is 16.3. The molecule has 0 saturated carbocycles. The summed E-state index contributed by atoms with van der Waals surface area (Å²) in [4.78, 5) is 5.30. The Bertz CT molecular complexity index is 4420. The minimum atomic E-state index is -0.226. The number of benzene rings is 11. The quantitative estimate of drug-likeness (QED) is 0.135. The fourth-order valence-electron chi connectivity index (χ4n) is 13.2. The highest BCUT2D eigenvalue weighted by Crippen LogP contribution is 2.53. The zero-order valence-electron chi connectivity index (χ0n) is 45.0. The molecule has 2 aliphatic heterocycles. The van der Waals surface area contributed by atoms with Gasteiger partial charge in [0.15, 0.2) is 0 Å². The first-order chi connectivity index (χ1) is 38.8. The summed E-state index contributed by atoms with van der Waals surface area (Å²) in [6.45, 7) is 9.27. The predicted octanol–water partition coefficient (Wildman–Crippen LogP) is 18.4. The van der Waals surface area contributed by atoms with Crippen molar-refractivity contribution in [3.05, 3.63) is 254 Å². The second-order valence-electron chi connectivity index (χ2n) is 22.6. The SMILES string of the molecule is CCCCc1c(N2c3ccc(-c4ccccc4)cc3B3c4ccc(-n5c6ccccc6c6ccccc65)cc4N(c4c(-c5ccccc5)cccc4-c4ccccc4)c4cc(C(C)(C)C)cc2c43)ccc2c1oc1ccccc12. The number of fused-ring (bicyclic) bond motifs is 10. The molecular formula is C74H58BN3O. The summed E-state index contributed by atoms with van der Waals surface area (Å²) in [6, 6.07) is 90.5. The minimum absolute atomic E-state index is 0.134. The van der Waals surface area contributed by atoms with Gasteiger partial charge < -0.3 is 18.8 Å². The summed E-state index contributed by atoms with van der Waals surface area (Å²) in [5.74, 6) is 0. The van der Waals surface area contributed by atoms with Crippen molar-refractivity contribution in [3.63, 3.8) is 0 Å². The Kier molecular flexibility index (Phi) is 10.9. The Balaban J connectivity index is 1.10. The molecular weight excluding hydrogens is 958 g/mol. The average molecular weight is 1020 g/mol. The van der Waals surface area contributed by atoms with Crippen LogP contribution in [0, 0.1) is 0 Å². The van der Waals surface area contributed by atoms with E-state index in [2.05, 4.69) is 285 Å². The molecule has 0 fully saturated rings. The van der Waals surface area contributed by atoms with Crippen LogP contribution in [0.15, 0.2) is 247 Å². The van der Waals surface area contributed by atoms with Crippen molar-refractivity contribution in [2.24, 2.45) is 0 Å². The maximum atomic E-state index is 7.01. The van der Waals surface area contributed by atoms with Gasteiger partial charge in [0, 0.05) is 66.7 Å². The number of unbranched alkanes of at least 4 members (excludes halogenated alkanes) is 1. The Labute approximate surface area is 462 Å². The number of anilines is 6. The van der Waals surface area contributed by atoms with Crippen LogP contribution in [0.3, 0.4) is 0 Å².